The number of nitrogens with zero attached hydrogens (tertiary/aromatic N) is 3. The van der Waals surface area contributed by atoms with Crippen LogP contribution in [0, 0.1) is 0 Å². The SMILES string of the molecule is [S-]c1ccnc(-n2cccn2)c1Cl. The number of aromatic nitrogens is 3. The fraction of sp³-hybridized carbons (Fsp3) is 0. The van der Waals surface area contributed by atoms with E-state index in [9.17, 15) is 0 Å². The fourth-order valence-corrected chi connectivity index (χ4v) is 1.32. The van der Waals surface area contributed by atoms with Crippen LogP contribution in [-0.2, 0) is 12.6 Å². The van der Waals surface area contributed by atoms with E-state index in [0.29, 0.717) is 15.7 Å². The minimum Gasteiger partial charge on any atom is -0.778 e. The average molecular weight is 211 g/mol. The Balaban J connectivity index is 2.59. The van der Waals surface area contributed by atoms with Gasteiger partial charge in [-0.3, -0.25) is 0 Å². The maximum absolute atomic E-state index is 5.96. The second-order valence-electron chi connectivity index (χ2n) is 2.40. The number of hydrogen-bond acceptors (Lipinski definition) is 3. The van der Waals surface area contributed by atoms with Gasteiger partial charge in [0.1, 0.15) is 0 Å². The van der Waals surface area contributed by atoms with E-state index in [1.54, 1.807) is 35.4 Å². The van der Waals surface area contributed by atoms with E-state index in [-0.39, 0.29) is 0 Å². The summed E-state index contributed by atoms with van der Waals surface area (Å²) in [5, 5.41) is 4.47. The lowest BCUT2D eigenvalue weighted by molar-refractivity contribution is 0.842. The first-order valence-corrected chi connectivity index (χ1v) is 4.39. The molecule has 0 atom stereocenters. The highest BCUT2D eigenvalue weighted by molar-refractivity contribution is 7.59. The van der Waals surface area contributed by atoms with Crippen LogP contribution >= 0.6 is 11.6 Å². The van der Waals surface area contributed by atoms with Crippen LogP contribution in [0.4, 0.5) is 0 Å². The third-order valence-electron chi connectivity index (χ3n) is 1.56. The Bertz CT molecular complexity index is 413. The molecule has 2 aromatic rings. The Morgan fingerprint density at radius 2 is 2.23 bits per heavy atom. The molecule has 0 aliphatic rings. The molecule has 3 nitrogen and oxygen atoms in total. The van der Waals surface area contributed by atoms with E-state index in [0.717, 1.165) is 0 Å². The molecule has 0 bridgehead atoms. The zero-order valence-electron chi connectivity index (χ0n) is 6.51. The maximum atomic E-state index is 5.96. The van der Waals surface area contributed by atoms with Gasteiger partial charge in [0, 0.05) is 18.6 Å². The highest BCUT2D eigenvalue weighted by Gasteiger charge is 2.02. The number of hydrogen-bond donors (Lipinski definition) is 0. The summed E-state index contributed by atoms with van der Waals surface area (Å²) in [6, 6.07) is 3.48. The molecule has 2 heterocycles. The maximum Gasteiger partial charge on any atom is 0.170 e. The second-order valence-corrected chi connectivity index (χ2v) is 3.22. The van der Waals surface area contributed by atoms with E-state index in [1.807, 2.05) is 0 Å². The third-order valence-corrected chi connectivity index (χ3v) is 2.38. The van der Waals surface area contributed by atoms with E-state index in [2.05, 4.69) is 10.1 Å². The first-order chi connectivity index (χ1) is 6.29. The first kappa shape index (κ1) is 8.47. The molecule has 5 heteroatoms. The lowest BCUT2D eigenvalue weighted by Crippen LogP contribution is -1.99. The smallest absolute Gasteiger partial charge is 0.170 e. The van der Waals surface area contributed by atoms with Gasteiger partial charge in [-0.15, -0.1) is 0 Å². The van der Waals surface area contributed by atoms with Gasteiger partial charge in [0.15, 0.2) is 5.82 Å². The summed E-state index contributed by atoms with van der Waals surface area (Å²) >= 11 is 11.0. The van der Waals surface area contributed by atoms with Crippen LogP contribution in [0.3, 0.4) is 0 Å². The summed E-state index contributed by atoms with van der Waals surface area (Å²) in [6.45, 7) is 0. The summed E-state index contributed by atoms with van der Waals surface area (Å²) in [5.41, 5.74) is 0. The van der Waals surface area contributed by atoms with Gasteiger partial charge in [-0.1, -0.05) is 17.7 Å². The van der Waals surface area contributed by atoms with Crippen molar-refractivity contribution in [2.45, 2.75) is 4.90 Å². The normalized spacial score (nSPS) is 10.2. The third kappa shape index (κ3) is 1.50. The van der Waals surface area contributed by atoms with Crippen molar-refractivity contribution in [1.29, 1.82) is 0 Å². The van der Waals surface area contributed by atoms with Gasteiger partial charge in [0.05, 0.1) is 5.02 Å². The Hall–Kier alpha value is -1.13. The molecule has 0 saturated heterocycles. The molecule has 0 amide bonds. The Labute approximate surface area is 85.8 Å². The number of pyridine rings is 1. The van der Waals surface area contributed by atoms with Crippen molar-refractivity contribution in [2.24, 2.45) is 0 Å². The van der Waals surface area contributed by atoms with E-state index < -0.39 is 0 Å². The predicted molar refractivity (Wildman–Crippen MR) is 52.0 cm³/mol. The monoisotopic (exact) mass is 210 g/mol. The molecule has 66 valence electrons. The second kappa shape index (κ2) is 3.32. The number of halogens is 1. The van der Waals surface area contributed by atoms with Crippen molar-refractivity contribution >= 4 is 24.2 Å². The molecular weight excluding hydrogens is 206 g/mol. The average Bonchev–Trinajstić information content (AvgIpc) is 2.62. The zero-order valence-corrected chi connectivity index (χ0v) is 8.09. The Kier molecular flexibility index (Phi) is 2.16. The largest absolute Gasteiger partial charge is 0.778 e. The number of rotatable bonds is 1. The molecular formula is C8H5ClN3S-. The molecule has 13 heavy (non-hydrogen) atoms. The van der Waals surface area contributed by atoms with Gasteiger partial charge in [0.25, 0.3) is 0 Å². The quantitative estimate of drug-likeness (QED) is 0.673. The van der Waals surface area contributed by atoms with E-state index >= 15 is 0 Å². The van der Waals surface area contributed by atoms with Crippen LogP contribution in [0.5, 0.6) is 0 Å². The summed E-state index contributed by atoms with van der Waals surface area (Å²) < 4.78 is 1.58. The summed E-state index contributed by atoms with van der Waals surface area (Å²) in [4.78, 5) is 4.67. The van der Waals surface area contributed by atoms with Crippen LogP contribution in [0.25, 0.3) is 5.82 Å². The van der Waals surface area contributed by atoms with Crippen molar-refractivity contribution < 1.29 is 0 Å². The standard InChI is InChI=1S/C8H6ClN3S/c9-7-6(13)2-4-10-8(7)12-5-1-3-11-12/h1-5H,(H,10,13)/p-1. The summed E-state index contributed by atoms with van der Waals surface area (Å²) in [5.74, 6) is 0.569. The molecule has 0 spiro atoms. The van der Waals surface area contributed by atoms with Gasteiger partial charge >= 0.3 is 0 Å². The van der Waals surface area contributed by atoms with Crippen LogP contribution in [0.2, 0.25) is 5.02 Å². The topological polar surface area (TPSA) is 30.7 Å². The van der Waals surface area contributed by atoms with E-state index in [4.69, 9.17) is 24.2 Å². The van der Waals surface area contributed by atoms with Crippen LogP contribution in [0.15, 0.2) is 35.6 Å². The summed E-state index contributed by atoms with van der Waals surface area (Å²) in [6.07, 6.45) is 5.04. The molecule has 0 aliphatic carbocycles. The molecule has 0 fully saturated rings. The van der Waals surface area contributed by atoms with Crippen molar-refractivity contribution in [2.75, 3.05) is 0 Å². The molecule has 0 N–H and O–H groups in total. The zero-order chi connectivity index (χ0) is 9.26. The first-order valence-electron chi connectivity index (χ1n) is 3.60. The van der Waals surface area contributed by atoms with Crippen molar-refractivity contribution in [3.63, 3.8) is 0 Å². The van der Waals surface area contributed by atoms with Crippen LogP contribution in [-0.4, -0.2) is 14.8 Å². The minimum absolute atomic E-state index is 0.459. The Morgan fingerprint density at radius 3 is 2.92 bits per heavy atom. The van der Waals surface area contributed by atoms with Crippen LogP contribution < -0.4 is 0 Å². The van der Waals surface area contributed by atoms with Gasteiger partial charge < -0.3 is 12.6 Å². The van der Waals surface area contributed by atoms with Crippen LogP contribution in [0.1, 0.15) is 0 Å². The van der Waals surface area contributed by atoms with Crippen molar-refractivity contribution in [1.82, 2.24) is 14.8 Å². The lowest BCUT2D eigenvalue weighted by atomic mass is 10.4. The van der Waals surface area contributed by atoms with Gasteiger partial charge in [-0.2, -0.15) is 9.99 Å². The minimum atomic E-state index is 0.459. The molecule has 0 radical (unpaired) electrons. The predicted octanol–water partition coefficient (Wildman–Crippen LogP) is 1.83. The van der Waals surface area contributed by atoms with Crippen molar-refractivity contribution in [3.8, 4) is 5.82 Å². The van der Waals surface area contributed by atoms with Gasteiger partial charge in [-0.25, -0.2) is 9.67 Å². The van der Waals surface area contributed by atoms with Crippen molar-refractivity contribution in [3.05, 3.63) is 35.7 Å². The molecule has 0 aromatic carbocycles. The van der Waals surface area contributed by atoms with E-state index in [1.165, 1.54) is 0 Å². The molecule has 0 aliphatic heterocycles. The highest BCUT2D eigenvalue weighted by atomic mass is 35.5. The lowest BCUT2D eigenvalue weighted by Gasteiger charge is -2.10. The molecule has 2 rings (SSSR count). The Morgan fingerprint density at radius 1 is 1.38 bits per heavy atom. The molecule has 2 aromatic heterocycles. The molecule has 0 unspecified atom stereocenters. The highest BCUT2D eigenvalue weighted by Crippen LogP contribution is 2.20. The van der Waals surface area contributed by atoms with Gasteiger partial charge in [0.2, 0.25) is 0 Å². The fourth-order valence-electron chi connectivity index (χ4n) is 0.969. The molecule has 0 saturated carbocycles. The van der Waals surface area contributed by atoms with Gasteiger partial charge in [-0.05, 0) is 6.07 Å². The summed E-state index contributed by atoms with van der Waals surface area (Å²) in [7, 11) is 0.